The van der Waals surface area contributed by atoms with Crippen molar-refractivity contribution in [2.45, 2.75) is 56.9 Å². The smallest absolute Gasteiger partial charge is 0.0965 e. The Morgan fingerprint density at radius 1 is 1.18 bits per heavy atom. The van der Waals surface area contributed by atoms with E-state index < -0.39 is 0 Å². The first-order valence-electron chi connectivity index (χ1n) is 7.06. The molecule has 2 saturated carbocycles. The van der Waals surface area contributed by atoms with Gasteiger partial charge in [0.1, 0.15) is 0 Å². The minimum atomic E-state index is 0.281. The van der Waals surface area contributed by atoms with E-state index in [1.54, 1.807) is 0 Å². The van der Waals surface area contributed by atoms with Gasteiger partial charge in [0.05, 0.1) is 10.7 Å². The summed E-state index contributed by atoms with van der Waals surface area (Å²) in [6.45, 7) is 0. The zero-order chi connectivity index (χ0) is 11.4. The lowest BCUT2D eigenvalue weighted by Gasteiger charge is -2.18. The lowest BCUT2D eigenvalue weighted by atomic mass is 9.89. The van der Waals surface area contributed by atoms with Gasteiger partial charge in [-0.25, -0.2) is 4.98 Å². The lowest BCUT2D eigenvalue weighted by Crippen LogP contribution is -2.15. The summed E-state index contributed by atoms with van der Waals surface area (Å²) >= 11 is 1.94. The molecule has 2 N–H and O–H groups in total. The molecule has 3 heteroatoms. The molecule has 0 aromatic carbocycles. The Labute approximate surface area is 107 Å². The van der Waals surface area contributed by atoms with Crippen molar-refractivity contribution in [3.8, 4) is 0 Å². The van der Waals surface area contributed by atoms with Crippen LogP contribution in [-0.4, -0.2) is 4.98 Å². The molecular weight excluding hydrogens is 228 g/mol. The molecule has 2 bridgehead atoms. The van der Waals surface area contributed by atoms with Crippen LogP contribution in [0.2, 0.25) is 0 Å². The Morgan fingerprint density at radius 3 is 2.82 bits per heavy atom. The maximum Gasteiger partial charge on any atom is 0.0965 e. The van der Waals surface area contributed by atoms with Crippen LogP contribution in [0.25, 0.3) is 0 Å². The molecule has 17 heavy (non-hydrogen) atoms. The van der Waals surface area contributed by atoms with E-state index in [2.05, 4.69) is 0 Å². The van der Waals surface area contributed by atoms with Gasteiger partial charge >= 0.3 is 0 Å². The molecular formula is C14H20N2S. The number of hydrogen-bond acceptors (Lipinski definition) is 3. The molecule has 3 aliphatic rings. The summed E-state index contributed by atoms with van der Waals surface area (Å²) < 4.78 is 0. The standard InChI is InChI=1S/C14H20N2S/c15-11-2-1-3-12-13(11)17-14(16-12)10-7-8-4-5-9(10)6-8/h8-11H,1-7,15H2. The Morgan fingerprint density at radius 2 is 2.12 bits per heavy atom. The zero-order valence-electron chi connectivity index (χ0n) is 10.2. The minimum absolute atomic E-state index is 0.281. The second-order valence-corrected chi connectivity index (χ2v) is 7.21. The van der Waals surface area contributed by atoms with Crippen LogP contribution in [0.5, 0.6) is 0 Å². The molecule has 1 heterocycles. The summed E-state index contributed by atoms with van der Waals surface area (Å²) in [7, 11) is 0. The number of hydrogen-bond donors (Lipinski definition) is 1. The highest BCUT2D eigenvalue weighted by Gasteiger charge is 2.42. The Bertz CT molecular complexity index is 439. The summed E-state index contributed by atoms with van der Waals surface area (Å²) in [4.78, 5) is 6.35. The third-order valence-electron chi connectivity index (χ3n) is 5.06. The van der Waals surface area contributed by atoms with Crippen LogP contribution in [0.15, 0.2) is 0 Å². The van der Waals surface area contributed by atoms with Gasteiger partial charge in [-0.2, -0.15) is 0 Å². The molecule has 3 aliphatic carbocycles. The second kappa shape index (κ2) is 3.79. The number of aromatic nitrogens is 1. The first-order valence-corrected chi connectivity index (χ1v) is 7.88. The fourth-order valence-corrected chi connectivity index (χ4v) is 5.53. The number of nitrogens with zero attached hydrogens (tertiary/aromatic N) is 1. The van der Waals surface area contributed by atoms with Gasteiger partial charge in [-0.05, 0) is 50.4 Å². The van der Waals surface area contributed by atoms with Crippen molar-refractivity contribution in [2.75, 3.05) is 0 Å². The van der Waals surface area contributed by atoms with Gasteiger partial charge in [0.25, 0.3) is 0 Å². The van der Waals surface area contributed by atoms with Gasteiger partial charge in [-0.1, -0.05) is 6.42 Å². The van der Waals surface area contributed by atoms with E-state index in [9.17, 15) is 0 Å². The third kappa shape index (κ3) is 1.59. The first-order chi connectivity index (χ1) is 8.31. The molecule has 4 rings (SSSR count). The predicted molar refractivity (Wildman–Crippen MR) is 70.2 cm³/mol. The highest BCUT2D eigenvalue weighted by molar-refractivity contribution is 7.12. The van der Waals surface area contributed by atoms with E-state index in [1.807, 2.05) is 11.3 Å². The maximum absolute atomic E-state index is 6.20. The Balaban J connectivity index is 1.66. The van der Waals surface area contributed by atoms with E-state index >= 15 is 0 Å². The van der Waals surface area contributed by atoms with Crippen LogP contribution in [0, 0.1) is 11.8 Å². The van der Waals surface area contributed by atoms with Gasteiger partial charge in [0.2, 0.25) is 0 Å². The minimum Gasteiger partial charge on any atom is -0.323 e. The first kappa shape index (κ1) is 10.5. The number of fused-ring (bicyclic) bond motifs is 3. The van der Waals surface area contributed by atoms with Crippen molar-refractivity contribution in [2.24, 2.45) is 17.6 Å². The summed E-state index contributed by atoms with van der Waals surface area (Å²) in [6, 6.07) is 0.281. The fourth-order valence-electron chi connectivity index (χ4n) is 4.18. The van der Waals surface area contributed by atoms with Crippen LogP contribution in [-0.2, 0) is 6.42 Å². The summed E-state index contributed by atoms with van der Waals surface area (Å²) in [5.74, 6) is 2.75. The van der Waals surface area contributed by atoms with Crippen LogP contribution < -0.4 is 5.73 Å². The van der Waals surface area contributed by atoms with E-state index in [-0.39, 0.29) is 6.04 Å². The molecule has 92 valence electrons. The summed E-state index contributed by atoms with van der Waals surface area (Å²) in [5, 5.41) is 1.43. The molecule has 1 aromatic rings. The van der Waals surface area contributed by atoms with Gasteiger partial charge in [0, 0.05) is 16.8 Å². The van der Waals surface area contributed by atoms with Crippen LogP contribution in [0.4, 0.5) is 0 Å². The number of thiazole rings is 1. The van der Waals surface area contributed by atoms with Gasteiger partial charge in [-0.3, -0.25) is 0 Å². The topological polar surface area (TPSA) is 38.9 Å². The monoisotopic (exact) mass is 248 g/mol. The van der Waals surface area contributed by atoms with E-state index in [0.717, 1.165) is 24.2 Å². The fraction of sp³-hybridized carbons (Fsp3) is 0.786. The molecule has 0 aliphatic heterocycles. The molecule has 0 spiro atoms. The number of nitrogens with two attached hydrogens (primary N) is 1. The van der Waals surface area contributed by atoms with Crippen molar-refractivity contribution >= 4 is 11.3 Å². The average Bonchev–Trinajstić information content (AvgIpc) is 3.03. The zero-order valence-corrected chi connectivity index (χ0v) is 11.0. The largest absolute Gasteiger partial charge is 0.323 e. The molecule has 0 saturated heterocycles. The van der Waals surface area contributed by atoms with Gasteiger partial charge < -0.3 is 5.73 Å². The van der Waals surface area contributed by atoms with Gasteiger partial charge in [-0.15, -0.1) is 11.3 Å². The SMILES string of the molecule is NC1CCCc2nc(C3CC4CCC3C4)sc21. The molecule has 2 fully saturated rings. The normalized spacial score (nSPS) is 39.6. The molecule has 4 atom stereocenters. The molecule has 1 aromatic heterocycles. The van der Waals surface area contributed by atoms with Crippen LogP contribution >= 0.6 is 11.3 Å². The lowest BCUT2D eigenvalue weighted by molar-refractivity contribution is 0.418. The second-order valence-electron chi connectivity index (χ2n) is 6.14. The summed E-state index contributed by atoms with van der Waals surface area (Å²) in [5.41, 5.74) is 7.54. The predicted octanol–water partition coefficient (Wildman–Crippen LogP) is 3.38. The Kier molecular flexibility index (Phi) is 2.34. The molecule has 0 amide bonds. The average molecular weight is 248 g/mol. The maximum atomic E-state index is 6.20. The molecule has 4 unspecified atom stereocenters. The Hall–Kier alpha value is -0.410. The van der Waals surface area contributed by atoms with E-state index in [0.29, 0.717) is 0 Å². The van der Waals surface area contributed by atoms with E-state index in [1.165, 1.54) is 54.1 Å². The highest BCUT2D eigenvalue weighted by atomic mass is 32.1. The summed E-state index contributed by atoms with van der Waals surface area (Å²) in [6.07, 6.45) is 9.37. The van der Waals surface area contributed by atoms with Crippen LogP contribution in [0.3, 0.4) is 0 Å². The quantitative estimate of drug-likeness (QED) is 0.827. The number of rotatable bonds is 1. The molecule has 0 radical (unpaired) electrons. The van der Waals surface area contributed by atoms with Crippen molar-refractivity contribution in [3.63, 3.8) is 0 Å². The van der Waals surface area contributed by atoms with Crippen LogP contribution in [0.1, 0.15) is 66.1 Å². The van der Waals surface area contributed by atoms with Gasteiger partial charge in [0.15, 0.2) is 0 Å². The van der Waals surface area contributed by atoms with E-state index in [4.69, 9.17) is 10.7 Å². The third-order valence-corrected chi connectivity index (χ3v) is 6.43. The molecule has 2 nitrogen and oxygen atoms in total. The van der Waals surface area contributed by atoms with Crippen molar-refractivity contribution in [1.29, 1.82) is 0 Å². The van der Waals surface area contributed by atoms with Crippen molar-refractivity contribution < 1.29 is 0 Å². The van der Waals surface area contributed by atoms with Crippen molar-refractivity contribution in [1.82, 2.24) is 4.98 Å². The number of aryl methyl sites for hydroxylation is 1. The van der Waals surface area contributed by atoms with Crippen molar-refractivity contribution in [3.05, 3.63) is 15.6 Å². The highest BCUT2D eigenvalue weighted by Crippen LogP contribution is 2.54.